The molecule has 1 aromatic heterocycles. The smallest absolute Gasteiger partial charge is 0.250 e. The average molecular weight is 330 g/mol. The lowest BCUT2D eigenvalue weighted by molar-refractivity contribution is 0.0899. The van der Waals surface area contributed by atoms with Gasteiger partial charge in [0.15, 0.2) is 5.76 Å². The van der Waals surface area contributed by atoms with E-state index in [2.05, 4.69) is 15.3 Å². The van der Waals surface area contributed by atoms with Crippen molar-refractivity contribution >= 4 is 28.9 Å². The van der Waals surface area contributed by atoms with Gasteiger partial charge in [0.2, 0.25) is 5.78 Å². The van der Waals surface area contributed by atoms with E-state index in [0.717, 1.165) is 5.56 Å². The van der Waals surface area contributed by atoms with Gasteiger partial charge in [0.1, 0.15) is 17.1 Å². The Balaban J connectivity index is 2.09. The van der Waals surface area contributed by atoms with Crippen molar-refractivity contribution in [1.29, 1.82) is 0 Å². The predicted octanol–water partition coefficient (Wildman–Crippen LogP) is 2.79. The maximum Gasteiger partial charge on any atom is 0.250 e. The first kappa shape index (κ1) is 15.2. The summed E-state index contributed by atoms with van der Waals surface area (Å²) in [6.07, 6.45) is 2.73. The SMILES string of the molecule is COC1=C(Nc2ccc(Cl)cc2C)C(=O)c2nccnc2C1=O. The number of allylic oxidation sites excluding steroid dienone is 2. The molecule has 0 amide bonds. The van der Waals surface area contributed by atoms with Crippen LogP contribution in [-0.4, -0.2) is 28.6 Å². The van der Waals surface area contributed by atoms with Crippen molar-refractivity contribution in [1.82, 2.24) is 9.97 Å². The number of nitrogens with zero attached hydrogens (tertiary/aromatic N) is 2. The van der Waals surface area contributed by atoms with Crippen molar-refractivity contribution in [2.45, 2.75) is 6.92 Å². The summed E-state index contributed by atoms with van der Waals surface area (Å²) in [6.45, 7) is 1.84. The second kappa shape index (κ2) is 5.81. The number of nitrogens with one attached hydrogen (secondary N) is 1. The highest BCUT2D eigenvalue weighted by atomic mass is 35.5. The quantitative estimate of drug-likeness (QED) is 0.932. The molecule has 116 valence electrons. The minimum absolute atomic E-state index is 0.00673. The van der Waals surface area contributed by atoms with E-state index in [4.69, 9.17) is 16.3 Å². The molecule has 1 aromatic carbocycles. The number of aryl methyl sites for hydroxylation is 1. The number of halogens is 1. The molecule has 2 aromatic rings. The van der Waals surface area contributed by atoms with Gasteiger partial charge in [-0.05, 0) is 30.7 Å². The number of benzene rings is 1. The highest BCUT2D eigenvalue weighted by molar-refractivity contribution is 6.30. The first-order valence-corrected chi connectivity index (χ1v) is 7.12. The van der Waals surface area contributed by atoms with Crippen LogP contribution in [0.25, 0.3) is 0 Å². The molecule has 6 nitrogen and oxygen atoms in total. The molecule has 0 atom stereocenters. The van der Waals surface area contributed by atoms with Crippen LogP contribution in [0.15, 0.2) is 42.0 Å². The van der Waals surface area contributed by atoms with Crippen molar-refractivity contribution in [3.8, 4) is 0 Å². The number of carbonyl (C=O) groups is 2. The molecule has 1 N–H and O–H groups in total. The third kappa shape index (κ3) is 2.57. The Morgan fingerprint density at radius 2 is 1.74 bits per heavy atom. The molecule has 0 fully saturated rings. The van der Waals surface area contributed by atoms with E-state index in [1.807, 2.05) is 6.92 Å². The van der Waals surface area contributed by atoms with E-state index < -0.39 is 11.6 Å². The molecule has 0 aliphatic heterocycles. The van der Waals surface area contributed by atoms with Crippen LogP contribution >= 0.6 is 11.6 Å². The van der Waals surface area contributed by atoms with Crippen molar-refractivity contribution in [3.05, 3.63) is 64.0 Å². The lowest BCUT2D eigenvalue weighted by atomic mass is 9.99. The van der Waals surface area contributed by atoms with Gasteiger partial charge >= 0.3 is 0 Å². The Morgan fingerprint density at radius 3 is 2.35 bits per heavy atom. The molecule has 7 heteroatoms. The van der Waals surface area contributed by atoms with Crippen molar-refractivity contribution in [3.63, 3.8) is 0 Å². The largest absolute Gasteiger partial charge is 0.491 e. The van der Waals surface area contributed by atoms with Gasteiger partial charge in [-0.1, -0.05) is 11.6 Å². The van der Waals surface area contributed by atoms with Gasteiger partial charge in [-0.3, -0.25) is 9.59 Å². The molecule has 1 aliphatic rings. The molecule has 23 heavy (non-hydrogen) atoms. The van der Waals surface area contributed by atoms with E-state index in [-0.39, 0.29) is 22.8 Å². The lowest BCUT2D eigenvalue weighted by Gasteiger charge is -2.20. The second-order valence-corrected chi connectivity index (χ2v) is 5.34. The third-order valence-electron chi connectivity index (χ3n) is 3.44. The van der Waals surface area contributed by atoms with Crippen LogP contribution in [0.3, 0.4) is 0 Å². The van der Waals surface area contributed by atoms with Gasteiger partial charge in [0.05, 0.1) is 7.11 Å². The number of ketones is 2. The van der Waals surface area contributed by atoms with E-state index in [9.17, 15) is 9.59 Å². The Labute approximate surface area is 137 Å². The summed E-state index contributed by atoms with van der Waals surface area (Å²) in [7, 11) is 1.33. The van der Waals surface area contributed by atoms with Crippen molar-refractivity contribution in [2.75, 3.05) is 12.4 Å². The zero-order chi connectivity index (χ0) is 16.6. The monoisotopic (exact) mass is 329 g/mol. The molecular weight excluding hydrogens is 318 g/mol. The third-order valence-corrected chi connectivity index (χ3v) is 3.68. The van der Waals surface area contributed by atoms with E-state index in [0.29, 0.717) is 10.7 Å². The Hall–Kier alpha value is -2.73. The summed E-state index contributed by atoms with van der Waals surface area (Å²) < 4.78 is 5.13. The summed E-state index contributed by atoms with van der Waals surface area (Å²) in [4.78, 5) is 33.0. The van der Waals surface area contributed by atoms with E-state index in [1.165, 1.54) is 19.5 Å². The van der Waals surface area contributed by atoms with E-state index >= 15 is 0 Å². The number of anilines is 1. The number of rotatable bonds is 3. The summed E-state index contributed by atoms with van der Waals surface area (Å²) in [5, 5.41) is 3.54. The Kier molecular flexibility index (Phi) is 3.83. The molecular formula is C16H12ClN3O3. The van der Waals surface area contributed by atoms with Gasteiger partial charge in [-0.25, -0.2) is 9.97 Å². The second-order valence-electron chi connectivity index (χ2n) is 4.90. The number of Topliss-reactive ketones (excluding diaryl/α,β-unsaturated/α-hetero) is 2. The first-order chi connectivity index (χ1) is 11.0. The normalized spacial score (nSPS) is 13.9. The van der Waals surface area contributed by atoms with Gasteiger partial charge in [-0.2, -0.15) is 0 Å². The summed E-state index contributed by atoms with van der Waals surface area (Å²) >= 11 is 5.93. The number of methoxy groups -OCH3 is 1. The molecule has 0 saturated carbocycles. The van der Waals surface area contributed by atoms with Crippen LogP contribution in [0.4, 0.5) is 5.69 Å². The van der Waals surface area contributed by atoms with Gasteiger partial charge in [-0.15, -0.1) is 0 Å². The predicted molar refractivity (Wildman–Crippen MR) is 84.5 cm³/mol. The number of hydrogen-bond donors (Lipinski definition) is 1. The zero-order valence-corrected chi connectivity index (χ0v) is 13.1. The molecule has 0 saturated heterocycles. The minimum Gasteiger partial charge on any atom is -0.491 e. The first-order valence-electron chi connectivity index (χ1n) is 6.74. The number of ether oxygens (including phenoxy) is 1. The van der Waals surface area contributed by atoms with Crippen molar-refractivity contribution in [2.24, 2.45) is 0 Å². The van der Waals surface area contributed by atoms with Gasteiger partial charge in [0, 0.05) is 23.1 Å². The lowest BCUT2D eigenvalue weighted by Crippen LogP contribution is -2.29. The summed E-state index contributed by atoms with van der Waals surface area (Å²) in [6, 6.07) is 5.16. The molecule has 0 spiro atoms. The summed E-state index contributed by atoms with van der Waals surface area (Å²) in [5.41, 5.74) is 1.51. The zero-order valence-electron chi connectivity index (χ0n) is 12.4. The molecule has 3 rings (SSSR count). The number of hydrogen-bond acceptors (Lipinski definition) is 6. The number of fused-ring (bicyclic) bond motifs is 1. The highest BCUT2D eigenvalue weighted by Crippen LogP contribution is 2.27. The Bertz CT molecular complexity index is 861. The molecule has 1 aliphatic carbocycles. The van der Waals surface area contributed by atoms with Crippen LogP contribution in [0.2, 0.25) is 5.02 Å². The molecule has 0 radical (unpaired) electrons. The maximum atomic E-state index is 12.6. The number of aromatic nitrogens is 2. The minimum atomic E-state index is -0.482. The van der Waals surface area contributed by atoms with Gasteiger partial charge < -0.3 is 10.1 Å². The highest BCUT2D eigenvalue weighted by Gasteiger charge is 2.35. The van der Waals surface area contributed by atoms with Crippen LogP contribution in [0.5, 0.6) is 0 Å². The summed E-state index contributed by atoms with van der Waals surface area (Å²) in [5.74, 6) is -1.01. The Morgan fingerprint density at radius 1 is 1.09 bits per heavy atom. The van der Waals surface area contributed by atoms with E-state index in [1.54, 1.807) is 18.2 Å². The number of carbonyl (C=O) groups excluding carboxylic acids is 2. The topological polar surface area (TPSA) is 81.2 Å². The van der Waals surface area contributed by atoms with Crippen LogP contribution < -0.4 is 5.32 Å². The van der Waals surface area contributed by atoms with Crippen LogP contribution in [0, 0.1) is 6.92 Å². The fraction of sp³-hybridized carbons (Fsp3) is 0.125. The fourth-order valence-corrected chi connectivity index (χ4v) is 2.55. The maximum absolute atomic E-state index is 12.6. The average Bonchev–Trinajstić information content (AvgIpc) is 2.55. The molecule has 0 bridgehead atoms. The van der Waals surface area contributed by atoms with Crippen LogP contribution in [0.1, 0.15) is 26.5 Å². The standard InChI is InChI=1S/C16H12ClN3O3/c1-8-7-9(17)3-4-10(8)20-13-14(21)11-12(19-6-5-18-11)15(22)16(13)23-2/h3-7,20H,1-2H3. The van der Waals surface area contributed by atoms with Gasteiger partial charge in [0.25, 0.3) is 5.78 Å². The fourth-order valence-electron chi connectivity index (χ4n) is 2.32. The van der Waals surface area contributed by atoms with Crippen LogP contribution in [-0.2, 0) is 4.74 Å². The molecule has 1 heterocycles. The molecule has 0 unspecified atom stereocenters. The van der Waals surface area contributed by atoms with Crippen molar-refractivity contribution < 1.29 is 14.3 Å².